The summed E-state index contributed by atoms with van der Waals surface area (Å²) in [6, 6.07) is 12.5. The van der Waals surface area contributed by atoms with Gasteiger partial charge in [0.1, 0.15) is 0 Å². The summed E-state index contributed by atoms with van der Waals surface area (Å²) in [5.41, 5.74) is 4.05. The van der Waals surface area contributed by atoms with Crippen molar-refractivity contribution in [3.05, 3.63) is 65.5 Å². The third-order valence-corrected chi connectivity index (χ3v) is 8.91. The molecule has 0 bridgehead atoms. The van der Waals surface area contributed by atoms with E-state index in [9.17, 15) is 9.59 Å². The molecule has 3 aromatic rings. The lowest BCUT2D eigenvalue weighted by Crippen LogP contribution is -2.55. The molecular weight excluding hydrogens is 524 g/mol. The van der Waals surface area contributed by atoms with Gasteiger partial charge in [-0.25, -0.2) is 9.67 Å². The Labute approximate surface area is 249 Å². The summed E-state index contributed by atoms with van der Waals surface area (Å²) in [5, 5.41) is 15.3. The Hall–Kier alpha value is -3.52. The number of benzene rings is 1. The molecule has 0 saturated carbocycles. The lowest BCUT2D eigenvalue weighted by molar-refractivity contribution is -0.131. The van der Waals surface area contributed by atoms with E-state index in [2.05, 4.69) is 107 Å². The van der Waals surface area contributed by atoms with Crippen LogP contribution in [0.3, 0.4) is 0 Å². The van der Waals surface area contributed by atoms with E-state index < -0.39 is 0 Å². The Morgan fingerprint density at radius 2 is 1.86 bits per heavy atom. The largest absolute Gasteiger partial charge is 0.353 e. The van der Waals surface area contributed by atoms with E-state index in [1.54, 1.807) is 6.20 Å². The molecule has 0 spiro atoms. The monoisotopic (exact) mass is 570 g/mol. The average Bonchev–Trinajstić information content (AvgIpc) is 3.33. The van der Waals surface area contributed by atoms with E-state index in [1.165, 1.54) is 5.56 Å². The van der Waals surface area contributed by atoms with Crippen LogP contribution in [0, 0.1) is 17.8 Å². The van der Waals surface area contributed by atoms with E-state index in [0.29, 0.717) is 11.2 Å². The van der Waals surface area contributed by atoms with Gasteiger partial charge >= 0.3 is 0 Å². The standard InChI is InChI=1S/C34H46N6O2/c1-20(2)40-30-28(19-36-40)26(15-29(38-30)24-16-33(5,6)39-34(7,8)17-24)31(41)35-18-27-21(3)25(22(4)37-32(27)42)14-23-12-10-9-11-13-23/h9-13,15-16,19-22,25,27,39H,14,17-18H2,1-8H3,(H,35,41)(H,37,42). The van der Waals surface area contributed by atoms with Gasteiger partial charge in [0, 0.05) is 29.7 Å². The molecule has 4 atom stereocenters. The summed E-state index contributed by atoms with van der Waals surface area (Å²) in [7, 11) is 0. The second-order valence-corrected chi connectivity index (χ2v) is 13.9. The Morgan fingerprint density at radius 1 is 1.14 bits per heavy atom. The fourth-order valence-electron chi connectivity index (χ4n) is 7.08. The molecule has 2 amide bonds. The van der Waals surface area contributed by atoms with Crippen molar-refractivity contribution in [3.63, 3.8) is 0 Å². The van der Waals surface area contributed by atoms with Crippen LogP contribution >= 0.6 is 0 Å². The molecule has 3 N–H and O–H groups in total. The highest BCUT2D eigenvalue weighted by Crippen LogP contribution is 2.35. The zero-order valence-corrected chi connectivity index (χ0v) is 26.3. The Balaban J connectivity index is 1.43. The van der Waals surface area contributed by atoms with Crippen LogP contribution in [0.1, 0.15) is 89.5 Å². The van der Waals surface area contributed by atoms with Crippen LogP contribution < -0.4 is 16.0 Å². The lowest BCUT2D eigenvalue weighted by Gasteiger charge is -2.41. The van der Waals surface area contributed by atoms with E-state index in [1.807, 2.05) is 16.8 Å². The molecule has 2 aliphatic rings. The normalized spacial score (nSPS) is 25.3. The Kier molecular flexibility index (Phi) is 8.05. The van der Waals surface area contributed by atoms with Crippen LogP contribution in [0.4, 0.5) is 0 Å². The van der Waals surface area contributed by atoms with Gasteiger partial charge in [-0.05, 0) is 90.3 Å². The minimum atomic E-state index is -0.317. The zero-order valence-electron chi connectivity index (χ0n) is 26.3. The summed E-state index contributed by atoms with van der Waals surface area (Å²) in [4.78, 5) is 32.1. The minimum Gasteiger partial charge on any atom is -0.353 e. The van der Waals surface area contributed by atoms with Crippen LogP contribution in [0.5, 0.6) is 0 Å². The van der Waals surface area contributed by atoms with E-state index >= 15 is 0 Å². The van der Waals surface area contributed by atoms with Crippen LogP contribution in [0.15, 0.2) is 48.7 Å². The molecule has 2 aromatic heterocycles. The van der Waals surface area contributed by atoms with Crippen molar-refractivity contribution < 1.29 is 9.59 Å². The van der Waals surface area contributed by atoms with Gasteiger partial charge in [0.25, 0.3) is 5.91 Å². The van der Waals surface area contributed by atoms with Gasteiger partial charge < -0.3 is 16.0 Å². The lowest BCUT2D eigenvalue weighted by atomic mass is 9.72. The predicted octanol–water partition coefficient (Wildman–Crippen LogP) is 5.31. The second kappa shape index (κ2) is 11.3. The van der Waals surface area contributed by atoms with Crippen molar-refractivity contribution in [1.82, 2.24) is 30.7 Å². The number of amides is 2. The Morgan fingerprint density at radius 3 is 2.52 bits per heavy atom. The first-order valence-electron chi connectivity index (χ1n) is 15.3. The molecule has 8 nitrogen and oxygen atoms in total. The molecule has 1 fully saturated rings. The van der Waals surface area contributed by atoms with Crippen molar-refractivity contribution in [2.24, 2.45) is 17.8 Å². The van der Waals surface area contributed by atoms with Gasteiger partial charge in [0.2, 0.25) is 5.91 Å². The summed E-state index contributed by atoms with van der Waals surface area (Å²) in [5.74, 6) is -0.150. The Bertz CT molecular complexity index is 1500. The van der Waals surface area contributed by atoms with Crippen LogP contribution in [0.2, 0.25) is 0 Å². The van der Waals surface area contributed by atoms with Crippen LogP contribution in [-0.4, -0.2) is 50.2 Å². The van der Waals surface area contributed by atoms with Crippen molar-refractivity contribution in [2.75, 3.05) is 6.54 Å². The third-order valence-electron chi connectivity index (χ3n) is 8.91. The molecular formula is C34H46N6O2. The summed E-state index contributed by atoms with van der Waals surface area (Å²) in [6.07, 6.45) is 5.62. The van der Waals surface area contributed by atoms with Gasteiger partial charge in [-0.3, -0.25) is 9.59 Å². The molecule has 5 rings (SSSR count). The highest BCUT2D eigenvalue weighted by Gasteiger charge is 2.40. The summed E-state index contributed by atoms with van der Waals surface area (Å²) >= 11 is 0. The number of piperidine rings is 1. The predicted molar refractivity (Wildman–Crippen MR) is 168 cm³/mol. The number of hydrogen-bond acceptors (Lipinski definition) is 5. The quantitative estimate of drug-likeness (QED) is 0.358. The van der Waals surface area contributed by atoms with Crippen molar-refractivity contribution in [2.45, 2.75) is 91.4 Å². The minimum absolute atomic E-state index is 0.00266. The first kappa shape index (κ1) is 30.0. The molecule has 4 unspecified atom stereocenters. The molecule has 42 heavy (non-hydrogen) atoms. The number of carbonyl (C=O) groups excluding carboxylic acids is 2. The zero-order chi connectivity index (χ0) is 30.4. The number of nitrogens with zero attached hydrogens (tertiary/aromatic N) is 3. The molecule has 0 radical (unpaired) electrons. The van der Waals surface area contributed by atoms with E-state index in [0.717, 1.165) is 29.5 Å². The SMILES string of the molecule is CC1NC(=O)C(CNC(=O)c2cc(C3=CC(C)(C)NC(C)(C)C3)nc3c2cnn3C(C)C)C(C)C1Cc1ccccc1. The van der Waals surface area contributed by atoms with Gasteiger partial charge in [-0.1, -0.05) is 43.3 Å². The highest BCUT2D eigenvalue weighted by molar-refractivity contribution is 6.06. The number of aromatic nitrogens is 3. The van der Waals surface area contributed by atoms with Crippen molar-refractivity contribution >= 4 is 28.4 Å². The van der Waals surface area contributed by atoms with E-state index in [4.69, 9.17) is 4.98 Å². The maximum absolute atomic E-state index is 13.9. The number of nitrogens with one attached hydrogen (secondary N) is 3. The van der Waals surface area contributed by atoms with Gasteiger partial charge in [0.05, 0.1) is 28.8 Å². The molecule has 224 valence electrons. The molecule has 1 aromatic carbocycles. The molecule has 1 saturated heterocycles. The van der Waals surface area contributed by atoms with E-state index in [-0.39, 0.29) is 59.3 Å². The number of pyridine rings is 1. The number of carbonyl (C=O) groups is 2. The molecule has 0 aliphatic carbocycles. The molecule has 8 heteroatoms. The van der Waals surface area contributed by atoms with Gasteiger partial charge in [0.15, 0.2) is 5.65 Å². The van der Waals surface area contributed by atoms with Crippen molar-refractivity contribution in [1.29, 1.82) is 0 Å². The number of rotatable bonds is 7. The fraction of sp³-hybridized carbons (Fsp3) is 0.529. The molecule has 4 heterocycles. The number of fused-ring (bicyclic) bond motifs is 1. The average molecular weight is 571 g/mol. The highest BCUT2D eigenvalue weighted by atomic mass is 16.2. The van der Waals surface area contributed by atoms with Crippen molar-refractivity contribution in [3.8, 4) is 0 Å². The fourth-order valence-corrected chi connectivity index (χ4v) is 7.08. The first-order valence-corrected chi connectivity index (χ1v) is 15.3. The summed E-state index contributed by atoms with van der Waals surface area (Å²) < 4.78 is 1.87. The van der Waals surface area contributed by atoms with Gasteiger partial charge in [-0.2, -0.15) is 5.10 Å². The van der Waals surface area contributed by atoms with Crippen LogP contribution in [0.25, 0.3) is 16.6 Å². The first-order chi connectivity index (χ1) is 19.7. The maximum atomic E-state index is 13.9. The summed E-state index contributed by atoms with van der Waals surface area (Å²) in [6.45, 7) is 17.3. The van der Waals surface area contributed by atoms with Gasteiger partial charge in [-0.15, -0.1) is 0 Å². The topological polar surface area (TPSA) is 101 Å². The molecule has 2 aliphatic heterocycles. The maximum Gasteiger partial charge on any atom is 0.252 e. The number of hydrogen-bond donors (Lipinski definition) is 3. The smallest absolute Gasteiger partial charge is 0.252 e. The van der Waals surface area contributed by atoms with Crippen LogP contribution in [-0.2, 0) is 11.2 Å². The second-order valence-electron chi connectivity index (χ2n) is 13.9. The third kappa shape index (κ3) is 6.14.